The van der Waals surface area contributed by atoms with E-state index in [2.05, 4.69) is 10.3 Å². The first kappa shape index (κ1) is 8.99. The van der Waals surface area contributed by atoms with E-state index in [4.69, 9.17) is 5.11 Å². The van der Waals surface area contributed by atoms with Crippen LogP contribution in [0, 0.1) is 0 Å². The summed E-state index contributed by atoms with van der Waals surface area (Å²) in [5, 5.41) is 13.2. The number of hydrogen-bond acceptors (Lipinski definition) is 4. The largest absolute Gasteiger partial charge is 0.493 e. The van der Waals surface area contributed by atoms with Gasteiger partial charge in [-0.05, 0) is 6.42 Å². The van der Waals surface area contributed by atoms with E-state index in [1.165, 1.54) is 5.38 Å². The van der Waals surface area contributed by atoms with Crippen LogP contribution in [-0.4, -0.2) is 22.5 Å². The summed E-state index contributed by atoms with van der Waals surface area (Å²) in [4.78, 5) is 14.8. The van der Waals surface area contributed by atoms with Crippen LogP contribution in [0.15, 0.2) is 5.38 Å². The summed E-state index contributed by atoms with van der Waals surface area (Å²) in [6, 6.07) is 0. The molecule has 0 bridgehead atoms. The summed E-state index contributed by atoms with van der Waals surface area (Å²) < 4.78 is 0. The van der Waals surface area contributed by atoms with E-state index in [1.807, 2.05) is 6.92 Å². The fraction of sp³-hybridized carbons (Fsp3) is 0.429. The number of nitrogens with one attached hydrogen (secondary N) is 1. The number of rotatable bonds is 3. The summed E-state index contributed by atoms with van der Waals surface area (Å²) in [7, 11) is 0. The van der Waals surface area contributed by atoms with Crippen LogP contribution >= 0.6 is 11.3 Å². The van der Waals surface area contributed by atoms with E-state index < -0.39 is 0 Å². The summed E-state index contributed by atoms with van der Waals surface area (Å²) in [6.07, 6.45) is 0.892. The van der Waals surface area contributed by atoms with E-state index in [0.29, 0.717) is 11.6 Å². The molecule has 1 amide bonds. The van der Waals surface area contributed by atoms with Gasteiger partial charge in [0.05, 0.1) is 5.38 Å². The van der Waals surface area contributed by atoms with E-state index in [0.717, 1.165) is 17.8 Å². The number of amides is 1. The minimum absolute atomic E-state index is 0.0957. The van der Waals surface area contributed by atoms with Crippen LogP contribution in [0.4, 0.5) is 0 Å². The lowest BCUT2D eigenvalue weighted by atomic mass is 10.5. The first-order valence-electron chi connectivity index (χ1n) is 3.66. The molecule has 0 aliphatic heterocycles. The van der Waals surface area contributed by atoms with Crippen molar-refractivity contribution in [2.45, 2.75) is 13.3 Å². The number of carbonyl (C=O) groups excluding carboxylic acids is 1. The summed E-state index contributed by atoms with van der Waals surface area (Å²) in [5.41, 5.74) is 0. The third kappa shape index (κ3) is 2.20. The second-order valence-electron chi connectivity index (χ2n) is 2.27. The van der Waals surface area contributed by atoms with Crippen molar-refractivity contribution in [2.24, 2.45) is 0 Å². The molecule has 0 unspecified atom stereocenters. The Labute approximate surface area is 74.3 Å². The average molecular weight is 186 g/mol. The standard InChI is InChI=1S/C7H10N2O2S/c1-2-3-8-6(11)7-9-5(10)4-12-7/h4,10H,2-3H2,1H3,(H,8,11). The fourth-order valence-corrected chi connectivity index (χ4v) is 1.28. The van der Waals surface area contributed by atoms with E-state index in [9.17, 15) is 4.79 Å². The molecular formula is C7H10N2O2S. The Hall–Kier alpha value is -1.10. The Morgan fingerprint density at radius 2 is 2.58 bits per heavy atom. The van der Waals surface area contributed by atoms with Crippen molar-refractivity contribution in [3.63, 3.8) is 0 Å². The maximum Gasteiger partial charge on any atom is 0.280 e. The quantitative estimate of drug-likeness (QED) is 0.740. The van der Waals surface area contributed by atoms with Crippen molar-refractivity contribution in [2.75, 3.05) is 6.54 Å². The molecule has 0 aromatic carbocycles. The van der Waals surface area contributed by atoms with Gasteiger partial charge in [-0.15, -0.1) is 11.3 Å². The molecule has 12 heavy (non-hydrogen) atoms. The van der Waals surface area contributed by atoms with Crippen molar-refractivity contribution in [1.29, 1.82) is 0 Å². The van der Waals surface area contributed by atoms with Gasteiger partial charge in [-0.25, -0.2) is 0 Å². The van der Waals surface area contributed by atoms with Gasteiger partial charge < -0.3 is 10.4 Å². The van der Waals surface area contributed by atoms with Gasteiger partial charge in [0.15, 0.2) is 5.01 Å². The van der Waals surface area contributed by atoms with Crippen molar-refractivity contribution in [3.8, 4) is 5.88 Å². The molecule has 0 radical (unpaired) electrons. The summed E-state index contributed by atoms with van der Waals surface area (Å²) in [5.74, 6) is -0.316. The van der Waals surface area contributed by atoms with Gasteiger partial charge in [-0.1, -0.05) is 6.92 Å². The number of nitrogens with zero attached hydrogens (tertiary/aromatic N) is 1. The highest BCUT2D eigenvalue weighted by Gasteiger charge is 2.08. The normalized spacial score (nSPS) is 9.75. The molecule has 0 saturated heterocycles. The Kier molecular flexibility index (Phi) is 3.04. The zero-order chi connectivity index (χ0) is 8.97. The lowest BCUT2D eigenvalue weighted by Crippen LogP contribution is -2.23. The number of aromatic hydroxyl groups is 1. The van der Waals surface area contributed by atoms with Gasteiger partial charge in [0.1, 0.15) is 0 Å². The molecule has 5 heteroatoms. The van der Waals surface area contributed by atoms with Gasteiger partial charge in [-0.3, -0.25) is 4.79 Å². The molecular weight excluding hydrogens is 176 g/mol. The van der Waals surface area contributed by atoms with Crippen LogP contribution < -0.4 is 5.32 Å². The molecule has 0 spiro atoms. The first-order valence-corrected chi connectivity index (χ1v) is 4.54. The van der Waals surface area contributed by atoms with Crippen molar-refractivity contribution < 1.29 is 9.90 Å². The van der Waals surface area contributed by atoms with Crippen LogP contribution in [0.1, 0.15) is 23.1 Å². The maximum atomic E-state index is 11.1. The lowest BCUT2D eigenvalue weighted by molar-refractivity contribution is 0.0952. The van der Waals surface area contributed by atoms with Crippen LogP contribution in [0.2, 0.25) is 0 Å². The molecule has 4 nitrogen and oxygen atoms in total. The van der Waals surface area contributed by atoms with E-state index >= 15 is 0 Å². The molecule has 2 N–H and O–H groups in total. The Morgan fingerprint density at radius 3 is 3.08 bits per heavy atom. The van der Waals surface area contributed by atoms with Crippen molar-refractivity contribution >= 4 is 17.2 Å². The fourth-order valence-electron chi connectivity index (χ4n) is 0.684. The Bertz CT molecular complexity index is 272. The third-order valence-electron chi connectivity index (χ3n) is 1.22. The Morgan fingerprint density at radius 1 is 1.83 bits per heavy atom. The predicted molar refractivity (Wildman–Crippen MR) is 46.4 cm³/mol. The van der Waals surface area contributed by atoms with Crippen LogP contribution in [0.25, 0.3) is 0 Å². The first-order chi connectivity index (χ1) is 5.74. The van der Waals surface area contributed by atoms with Crippen LogP contribution in [-0.2, 0) is 0 Å². The lowest BCUT2D eigenvalue weighted by Gasteiger charge is -1.97. The highest BCUT2D eigenvalue weighted by Crippen LogP contribution is 2.13. The monoisotopic (exact) mass is 186 g/mol. The highest BCUT2D eigenvalue weighted by molar-refractivity contribution is 7.11. The topological polar surface area (TPSA) is 62.2 Å². The van der Waals surface area contributed by atoms with E-state index in [-0.39, 0.29) is 11.8 Å². The Balaban J connectivity index is 2.53. The van der Waals surface area contributed by atoms with E-state index in [1.54, 1.807) is 0 Å². The molecule has 1 aromatic rings. The molecule has 0 fully saturated rings. The van der Waals surface area contributed by atoms with Gasteiger partial charge >= 0.3 is 0 Å². The summed E-state index contributed by atoms with van der Waals surface area (Å²) in [6.45, 7) is 2.61. The van der Waals surface area contributed by atoms with Gasteiger partial charge in [0, 0.05) is 6.54 Å². The smallest absolute Gasteiger partial charge is 0.280 e. The maximum absolute atomic E-state index is 11.1. The molecule has 66 valence electrons. The van der Waals surface area contributed by atoms with Crippen molar-refractivity contribution in [1.82, 2.24) is 10.3 Å². The van der Waals surface area contributed by atoms with Gasteiger partial charge in [0.2, 0.25) is 5.88 Å². The third-order valence-corrected chi connectivity index (χ3v) is 2.05. The van der Waals surface area contributed by atoms with Crippen molar-refractivity contribution in [3.05, 3.63) is 10.4 Å². The second kappa shape index (κ2) is 4.06. The highest BCUT2D eigenvalue weighted by atomic mass is 32.1. The zero-order valence-corrected chi connectivity index (χ0v) is 7.52. The average Bonchev–Trinajstić information content (AvgIpc) is 2.47. The molecule has 1 heterocycles. The SMILES string of the molecule is CCCNC(=O)c1nc(O)cs1. The minimum Gasteiger partial charge on any atom is -0.493 e. The molecule has 1 rings (SSSR count). The molecule has 1 aromatic heterocycles. The summed E-state index contributed by atoms with van der Waals surface area (Å²) >= 11 is 1.13. The van der Waals surface area contributed by atoms with Gasteiger partial charge in [0.25, 0.3) is 5.91 Å². The minimum atomic E-state index is -0.220. The second-order valence-corrected chi connectivity index (χ2v) is 3.12. The zero-order valence-electron chi connectivity index (χ0n) is 6.70. The molecule has 0 saturated carbocycles. The number of thiazole rings is 1. The number of aromatic nitrogens is 1. The molecule has 0 aliphatic carbocycles. The van der Waals surface area contributed by atoms with Gasteiger partial charge in [-0.2, -0.15) is 4.98 Å². The molecule has 0 atom stereocenters. The van der Waals surface area contributed by atoms with Crippen LogP contribution in [0.5, 0.6) is 5.88 Å². The predicted octanol–water partition coefficient (Wildman–Crippen LogP) is 0.988. The molecule has 0 aliphatic rings. The number of carbonyl (C=O) groups is 1. The van der Waals surface area contributed by atoms with Crippen LogP contribution in [0.3, 0.4) is 0 Å². The number of hydrogen-bond donors (Lipinski definition) is 2.